The van der Waals surface area contributed by atoms with Gasteiger partial charge in [-0.25, -0.2) is 4.39 Å². The quantitative estimate of drug-likeness (QED) is 0.871. The molecule has 0 aromatic heterocycles. The molecule has 1 heterocycles. The molecule has 2 fully saturated rings. The predicted octanol–water partition coefficient (Wildman–Crippen LogP) is 1.59. The number of carbonyl (C=O) groups is 2. The molecule has 2 aliphatic rings. The summed E-state index contributed by atoms with van der Waals surface area (Å²) >= 11 is 0. The van der Waals surface area contributed by atoms with Crippen LogP contribution >= 0.6 is 0 Å². The van der Waals surface area contributed by atoms with Gasteiger partial charge < -0.3 is 16.0 Å². The van der Waals surface area contributed by atoms with Crippen LogP contribution in [0.4, 0.5) is 10.1 Å². The van der Waals surface area contributed by atoms with Gasteiger partial charge in [-0.05, 0) is 42.9 Å². The zero-order valence-electron chi connectivity index (χ0n) is 12.5. The van der Waals surface area contributed by atoms with E-state index in [4.69, 9.17) is 5.73 Å². The van der Waals surface area contributed by atoms with Crippen LogP contribution in [0.25, 0.3) is 0 Å². The van der Waals surface area contributed by atoms with Gasteiger partial charge in [0.1, 0.15) is 5.82 Å². The van der Waals surface area contributed by atoms with Crippen LogP contribution in [-0.2, 0) is 4.79 Å². The lowest BCUT2D eigenvalue weighted by Crippen LogP contribution is -2.34. The highest BCUT2D eigenvalue weighted by molar-refractivity contribution is 5.97. The van der Waals surface area contributed by atoms with Crippen molar-refractivity contribution < 1.29 is 14.0 Å². The number of fused-ring (bicyclic) bond motifs is 1. The fourth-order valence-electron chi connectivity index (χ4n) is 3.61. The molecule has 22 heavy (non-hydrogen) atoms. The predicted molar refractivity (Wildman–Crippen MR) is 80.8 cm³/mol. The third-order valence-electron chi connectivity index (χ3n) is 4.72. The van der Waals surface area contributed by atoms with Crippen LogP contribution in [0.1, 0.15) is 30.1 Å². The second kappa shape index (κ2) is 5.68. The molecule has 3 N–H and O–H groups in total. The third-order valence-corrected chi connectivity index (χ3v) is 4.72. The molecule has 1 saturated carbocycles. The van der Waals surface area contributed by atoms with Crippen molar-refractivity contribution >= 4 is 17.5 Å². The smallest absolute Gasteiger partial charge is 0.256 e. The number of nitrogens with two attached hydrogens (primary N) is 1. The molecule has 3 rings (SSSR count). The molecule has 1 aliphatic carbocycles. The summed E-state index contributed by atoms with van der Waals surface area (Å²) in [6.07, 6.45) is 2.04. The van der Waals surface area contributed by atoms with E-state index in [2.05, 4.69) is 5.32 Å². The van der Waals surface area contributed by atoms with Gasteiger partial charge in [0, 0.05) is 31.7 Å². The van der Waals surface area contributed by atoms with Crippen molar-refractivity contribution in [1.29, 1.82) is 0 Å². The molecule has 3 atom stereocenters. The van der Waals surface area contributed by atoms with Crippen LogP contribution in [0.2, 0.25) is 0 Å². The summed E-state index contributed by atoms with van der Waals surface area (Å²) in [6.45, 7) is 2.60. The maximum atomic E-state index is 14.0. The molecular formula is C16H20FN3O2. The number of hydrogen-bond acceptors (Lipinski definition) is 3. The van der Waals surface area contributed by atoms with Crippen LogP contribution in [0.3, 0.4) is 0 Å². The second-order valence-electron chi connectivity index (χ2n) is 6.25. The Bertz CT molecular complexity index is 619. The summed E-state index contributed by atoms with van der Waals surface area (Å²) in [6, 6.07) is 4.19. The monoisotopic (exact) mass is 305 g/mol. The van der Waals surface area contributed by atoms with Gasteiger partial charge in [-0.3, -0.25) is 9.59 Å². The van der Waals surface area contributed by atoms with E-state index in [1.54, 1.807) is 4.90 Å². The highest BCUT2D eigenvalue weighted by Crippen LogP contribution is 2.37. The first-order chi connectivity index (χ1) is 10.5. The lowest BCUT2D eigenvalue weighted by molar-refractivity contribution is -0.114. The van der Waals surface area contributed by atoms with Gasteiger partial charge in [-0.15, -0.1) is 0 Å². The topological polar surface area (TPSA) is 75.4 Å². The van der Waals surface area contributed by atoms with Gasteiger partial charge >= 0.3 is 0 Å². The first-order valence-corrected chi connectivity index (χ1v) is 7.57. The Morgan fingerprint density at radius 1 is 1.32 bits per heavy atom. The molecule has 1 aromatic carbocycles. The number of rotatable bonds is 2. The summed E-state index contributed by atoms with van der Waals surface area (Å²) in [7, 11) is 0. The van der Waals surface area contributed by atoms with Crippen molar-refractivity contribution in [2.45, 2.75) is 25.8 Å². The number of amides is 2. The van der Waals surface area contributed by atoms with E-state index in [-0.39, 0.29) is 23.4 Å². The Labute approximate surface area is 128 Å². The second-order valence-corrected chi connectivity index (χ2v) is 6.25. The van der Waals surface area contributed by atoms with E-state index in [1.165, 1.54) is 25.1 Å². The van der Waals surface area contributed by atoms with Crippen molar-refractivity contribution in [3.63, 3.8) is 0 Å². The maximum Gasteiger partial charge on any atom is 0.256 e. The summed E-state index contributed by atoms with van der Waals surface area (Å²) in [5.41, 5.74) is 6.49. The zero-order chi connectivity index (χ0) is 15.9. The minimum atomic E-state index is -0.569. The first-order valence-electron chi connectivity index (χ1n) is 7.57. The van der Waals surface area contributed by atoms with Gasteiger partial charge in [0.2, 0.25) is 5.91 Å². The highest BCUT2D eigenvalue weighted by Gasteiger charge is 2.42. The number of carbonyl (C=O) groups excluding carboxylic acids is 2. The minimum absolute atomic E-state index is 0.000190. The SMILES string of the molecule is CC(=O)Nc1ccc(F)c(C(=O)N2CC3CCC(N)C3C2)c1. The van der Waals surface area contributed by atoms with Crippen LogP contribution in [0, 0.1) is 17.7 Å². The van der Waals surface area contributed by atoms with Crippen LogP contribution < -0.4 is 11.1 Å². The standard InChI is InChI=1S/C16H20FN3O2/c1-9(21)19-11-3-4-14(17)12(6-11)16(22)20-7-10-2-5-15(18)13(10)8-20/h3-4,6,10,13,15H,2,5,7-8,18H2,1H3,(H,19,21). The van der Waals surface area contributed by atoms with Crippen molar-refractivity contribution in [2.75, 3.05) is 18.4 Å². The average Bonchev–Trinajstić information content (AvgIpc) is 3.02. The van der Waals surface area contributed by atoms with Crippen molar-refractivity contribution in [3.05, 3.63) is 29.6 Å². The van der Waals surface area contributed by atoms with E-state index in [0.29, 0.717) is 30.6 Å². The number of halogens is 1. The third kappa shape index (κ3) is 2.70. The summed E-state index contributed by atoms with van der Waals surface area (Å²) in [5.74, 6) is -0.399. The molecule has 1 saturated heterocycles. The van der Waals surface area contributed by atoms with Gasteiger partial charge in [-0.1, -0.05) is 0 Å². The molecule has 2 amide bonds. The number of anilines is 1. The fraction of sp³-hybridized carbons (Fsp3) is 0.500. The lowest BCUT2D eigenvalue weighted by Gasteiger charge is -2.19. The van der Waals surface area contributed by atoms with E-state index >= 15 is 0 Å². The number of nitrogens with one attached hydrogen (secondary N) is 1. The molecule has 6 heteroatoms. The van der Waals surface area contributed by atoms with Crippen LogP contribution in [0.5, 0.6) is 0 Å². The minimum Gasteiger partial charge on any atom is -0.338 e. The normalized spacial score (nSPS) is 26.9. The molecule has 118 valence electrons. The van der Waals surface area contributed by atoms with Crippen LogP contribution in [0.15, 0.2) is 18.2 Å². The molecule has 0 spiro atoms. The van der Waals surface area contributed by atoms with Gasteiger partial charge in [0.05, 0.1) is 5.56 Å². The Hall–Kier alpha value is -1.95. The van der Waals surface area contributed by atoms with Crippen molar-refractivity contribution in [2.24, 2.45) is 17.6 Å². The number of benzene rings is 1. The largest absolute Gasteiger partial charge is 0.338 e. The van der Waals surface area contributed by atoms with E-state index in [0.717, 1.165) is 12.8 Å². The fourth-order valence-corrected chi connectivity index (χ4v) is 3.61. The number of hydrogen-bond donors (Lipinski definition) is 2. The first kappa shape index (κ1) is 15.0. The highest BCUT2D eigenvalue weighted by atomic mass is 19.1. The van der Waals surface area contributed by atoms with E-state index in [1.807, 2.05) is 0 Å². The van der Waals surface area contributed by atoms with E-state index in [9.17, 15) is 14.0 Å². The van der Waals surface area contributed by atoms with Gasteiger partial charge in [-0.2, -0.15) is 0 Å². The number of nitrogens with zero attached hydrogens (tertiary/aromatic N) is 1. The van der Waals surface area contributed by atoms with Crippen LogP contribution in [-0.4, -0.2) is 35.8 Å². The summed E-state index contributed by atoms with van der Waals surface area (Å²) < 4.78 is 14.0. The van der Waals surface area contributed by atoms with Gasteiger partial charge in [0.25, 0.3) is 5.91 Å². The maximum absolute atomic E-state index is 14.0. The van der Waals surface area contributed by atoms with E-state index < -0.39 is 5.82 Å². The Morgan fingerprint density at radius 3 is 2.77 bits per heavy atom. The van der Waals surface area contributed by atoms with Crippen molar-refractivity contribution in [3.8, 4) is 0 Å². The molecular weight excluding hydrogens is 285 g/mol. The molecule has 5 nitrogen and oxygen atoms in total. The number of likely N-dealkylation sites (tertiary alicyclic amines) is 1. The molecule has 1 aromatic rings. The Morgan fingerprint density at radius 2 is 2.09 bits per heavy atom. The summed E-state index contributed by atoms with van der Waals surface area (Å²) in [4.78, 5) is 25.4. The van der Waals surface area contributed by atoms with Gasteiger partial charge in [0.15, 0.2) is 0 Å². The van der Waals surface area contributed by atoms with Crippen molar-refractivity contribution in [1.82, 2.24) is 4.90 Å². The lowest BCUT2D eigenvalue weighted by atomic mass is 9.98. The molecule has 1 aliphatic heterocycles. The zero-order valence-corrected chi connectivity index (χ0v) is 12.5. The molecule has 3 unspecified atom stereocenters. The Kier molecular flexibility index (Phi) is 3.87. The summed E-state index contributed by atoms with van der Waals surface area (Å²) in [5, 5.41) is 2.57. The average molecular weight is 305 g/mol. The molecule has 0 radical (unpaired) electrons. The Balaban J connectivity index is 1.79. The molecule has 0 bridgehead atoms.